The van der Waals surface area contributed by atoms with E-state index in [1.165, 1.54) is 50.2 Å². The standard InChI is InChI=1S/C36H37N5O8S2/c1-36(2,3)49-35(44)40-20-31(42)38-17-22-12-24(18-37-16-22)29-11-7-9-27-15-30(29)41-33(50-27)25-13-26(32(47-4)39-19-25)21-51(45,46)28-10-6-8-23(14-28)34(43)48-5/h6,8-16,18-19H,7,17,20-21H2,1-5H3,(H,38,42)(H,40,44). The molecule has 0 fully saturated rings. The minimum Gasteiger partial charge on any atom is -0.481 e. The Morgan fingerprint density at radius 1 is 0.980 bits per heavy atom. The fourth-order valence-electron chi connectivity index (χ4n) is 5.05. The zero-order valence-corrected chi connectivity index (χ0v) is 30.3. The Kier molecular flexibility index (Phi) is 11.4. The van der Waals surface area contributed by atoms with E-state index >= 15 is 0 Å². The Morgan fingerprint density at radius 2 is 1.78 bits per heavy atom. The van der Waals surface area contributed by atoms with Crippen molar-refractivity contribution in [2.45, 2.75) is 50.0 Å². The zero-order valence-electron chi connectivity index (χ0n) is 28.7. The fraction of sp³-hybridized carbons (Fsp3) is 0.278. The van der Waals surface area contributed by atoms with Crippen LogP contribution >= 0.6 is 11.8 Å². The number of rotatable bonds is 11. The van der Waals surface area contributed by atoms with E-state index in [1.54, 1.807) is 45.4 Å². The molecule has 0 atom stereocenters. The van der Waals surface area contributed by atoms with Crippen LogP contribution in [0.1, 0.15) is 59.8 Å². The highest BCUT2D eigenvalue weighted by Gasteiger charge is 2.24. The molecule has 13 nitrogen and oxygen atoms in total. The van der Waals surface area contributed by atoms with Crippen molar-refractivity contribution in [2.75, 3.05) is 20.8 Å². The molecule has 51 heavy (non-hydrogen) atoms. The second-order valence-corrected chi connectivity index (χ2v) is 15.4. The van der Waals surface area contributed by atoms with Crippen molar-refractivity contribution in [3.05, 3.63) is 112 Å². The summed E-state index contributed by atoms with van der Waals surface area (Å²) < 4.78 is 42.3. The van der Waals surface area contributed by atoms with E-state index in [-0.39, 0.29) is 35.3 Å². The molecule has 2 aliphatic rings. The molecule has 266 valence electrons. The lowest BCUT2D eigenvalue weighted by atomic mass is 10.0. The van der Waals surface area contributed by atoms with Gasteiger partial charge < -0.3 is 24.8 Å². The molecule has 0 unspecified atom stereocenters. The number of nitrogens with one attached hydrogen (secondary N) is 2. The number of methoxy groups -OCH3 is 2. The fourth-order valence-corrected chi connectivity index (χ4v) is 7.37. The Morgan fingerprint density at radius 3 is 2.53 bits per heavy atom. The zero-order chi connectivity index (χ0) is 36.8. The Bertz CT molecular complexity index is 2100. The molecule has 5 rings (SSSR count). The smallest absolute Gasteiger partial charge is 0.408 e. The van der Waals surface area contributed by atoms with Crippen molar-refractivity contribution < 1.29 is 37.0 Å². The monoisotopic (exact) mass is 731 g/mol. The van der Waals surface area contributed by atoms with Crippen LogP contribution in [0.5, 0.6) is 5.88 Å². The highest BCUT2D eigenvalue weighted by molar-refractivity contribution is 8.17. The maximum Gasteiger partial charge on any atom is 0.408 e. The average molecular weight is 732 g/mol. The summed E-state index contributed by atoms with van der Waals surface area (Å²) in [6.07, 6.45) is 11.0. The van der Waals surface area contributed by atoms with Crippen molar-refractivity contribution in [1.82, 2.24) is 20.6 Å². The van der Waals surface area contributed by atoms with Crippen LogP contribution in [0, 0.1) is 0 Å². The van der Waals surface area contributed by atoms with Crippen LogP contribution in [0.15, 0.2) is 93.7 Å². The van der Waals surface area contributed by atoms with Crippen molar-refractivity contribution in [3.8, 4) is 5.88 Å². The summed E-state index contributed by atoms with van der Waals surface area (Å²) >= 11 is 1.44. The highest BCUT2D eigenvalue weighted by Crippen LogP contribution is 2.39. The number of thioether (sulfide) groups is 1. The molecular weight excluding hydrogens is 695 g/mol. The molecule has 0 spiro atoms. The first-order valence-electron chi connectivity index (χ1n) is 15.8. The summed E-state index contributed by atoms with van der Waals surface area (Å²) in [4.78, 5) is 51.0. The molecule has 2 amide bonds. The number of ether oxygens (including phenoxy) is 3. The molecule has 0 radical (unpaired) electrons. The number of amides is 2. The van der Waals surface area contributed by atoms with Gasteiger partial charge in [0.15, 0.2) is 9.84 Å². The molecule has 1 aromatic carbocycles. The Labute approximate surface area is 300 Å². The summed E-state index contributed by atoms with van der Waals surface area (Å²) in [7, 11) is -1.27. The van der Waals surface area contributed by atoms with Gasteiger partial charge in [0.05, 0.1) is 36.1 Å². The summed E-state index contributed by atoms with van der Waals surface area (Å²) in [5.74, 6) is -1.30. The van der Waals surface area contributed by atoms with Crippen LogP contribution < -0.4 is 15.4 Å². The second kappa shape index (κ2) is 15.7. The van der Waals surface area contributed by atoms with Gasteiger partial charge in [0.1, 0.15) is 17.2 Å². The third-order valence-corrected chi connectivity index (χ3v) is 10.0. The molecule has 0 saturated carbocycles. The lowest BCUT2D eigenvalue weighted by Crippen LogP contribution is -2.39. The van der Waals surface area contributed by atoms with Crippen molar-refractivity contribution in [1.29, 1.82) is 0 Å². The lowest BCUT2D eigenvalue weighted by molar-refractivity contribution is -0.120. The molecule has 2 aromatic heterocycles. The molecule has 1 aliphatic carbocycles. The van der Waals surface area contributed by atoms with Gasteiger partial charge in [-0.3, -0.25) is 9.78 Å². The number of aromatic nitrogens is 2. The number of nitrogens with zero attached hydrogens (tertiary/aromatic N) is 3. The van der Waals surface area contributed by atoms with E-state index in [2.05, 4.69) is 26.7 Å². The van der Waals surface area contributed by atoms with Gasteiger partial charge in [-0.25, -0.2) is 28.0 Å². The van der Waals surface area contributed by atoms with Crippen LogP contribution in [0.3, 0.4) is 0 Å². The number of benzene rings is 1. The summed E-state index contributed by atoms with van der Waals surface area (Å²) in [5.41, 5.74) is 3.43. The minimum atomic E-state index is -3.92. The maximum absolute atomic E-state index is 13.5. The molecular formula is C36H37N5O8S2. The molecule has 15 heteroatoms. The molecule has 0 saturated heterocycles. The van der Waals surface area contributed by atoms with Gasteiger partial charge in [-0.05, 0) is 69.2 Å². The average Bonchev–Trinajstić information content (AvgIpc) is 3.25. The summed E-state index contributed by atoms with van der Waals surface area (Å²) in [5, 5.41) is 5.83. The molecule has 3 aromatic rings. The van der Waals surface area contributed by atoms with Gasteiger partial charge in [0, 0.05) is 52.3 Å². The Hall–Kier alpha value is -5.28. The predicted octanol–water partition coefficient (Wildman–Crippen LogP) is 5.14. The van der Waals surface area contributed by atoms with E-state index in [0.717, 1.165) is 21.6 Å². The third kappa shape index (κ3) is 9.70. The van der Waals surface area contributed by atoms with Gasteiger partial charge in [0.25, 0.3) is 0 Å². The molecule has 3 heterocycles. The quantitative estimate of drug-likeness (QED) is 0.250. The maximum atomic E-state index is 13.5. The van der Waals surface area contributed by atoms with Crippen LogP contribution in [0.25, 0.3) is 5.57 Å². The number of carbonyl (C=O) groups excluding carboxylic acids is 3. The van der Waals surface area contributed by atoms with E-state index in [9.17, 15) is 22.8 Å². The third-order valence-electron chi connectivity index (χ3n) is 7.35. The predicted molar refractivity (Wildman–Crippen MR) is 193 cm³/mol. The van der Waals surface area contributed by atoms with E-state index in [0.29, 0.717) is 28.3 Å². The number of allylic oxidation sites excluding steroid dienone is 4. The first-order valence-corrected chi connectivity index (χ1v) is 18.2. The van der Waals surface area contributed by atoms with E-state index < -0.39 is 33.3 Å². The molecule has 2 bridgehead atoms. The van der Waals surface area contributed by atoms with Crippen molar-refractivity contribution in [2.24, 2.45) is 4.99 Å². The highest BCUT2D eigenvalue weighted by atomic mass is 32.2. The normalized spacial score (nSPS) is 14.1. The van der Waals surface area contributed by atoms with Gasteiger partial charge in [0.2, 0.25) is 11.8 Å². The van der Waals surface area contributed by atoms with Crippen molar-refractivity contribution >= 4 is 50.2 Å². The summed E-state index contributed by atoms with van der Waals surface area (Å²) in [6, 6.07) is 9.29. The Balaban J connectivity index is 1.34. The number of esters is 1. The van der Waals surface area contributed by atoms with Crippen LogP contribution in [-0.4, -0.2) is 67.8 Å². The number of carbonyl (C=O) groups is 3. The second-order valence-electron chi connectivity index (χ2n) is 12.4. The SMILES string of the molecule is COC(=O)c1cccc(S(=O)(=O)Cc2cc(C3=NC4=CC(=CCC=C4c4cncc(CNC(=O)CNC(=O)OC(C)(C)C)c4)S3)cnc2OC)c1. The molecule has 1 aliphatic heterocycles. The van der Waals surface area contributed by atoms with Crippen LogP contribution in [0.2, 0.25) is 0 Å². The number of hydrogen-bond donors (Lipinski definition) is 2. The van der Waals surface area contributed by atoms with Gasteiger partial charge >= 0.3 is 12.1 Å². The van der Waals surface area contributed by atoms with Gasteiger partial charge in [-0.1, -0.05) is 30.0 Å². The van der Waals surface area contributed by atoms with Crippen LogP contribution in [-0.2, 0) is 36.4 Å². The van der Waals surface area contributed by atoms with E-state index in [1.807, 2.05) is 18.2 Å². The largest absolute Gasteiger partial charge is 0.481 e. The number of alkyl carbamates (subject to hydrolysis) is 1. The minimum absolute atomic E-state index is 0.0359. The number of sulfone groups is 1. The van der Waals surface area contributed by atoms with E-state index in [4.69, 9.17) is 19.2 Å². The molecule has 2 N–H and O–H groups in total. The van der Waals surface area contributed by atoms with Crippen LogP contribution in [0.4, 0.5) is 4.79 Å². The van der Waals surface area contributed by atoms with Gasteiger partial charge in [-0.15, -0.1) is 0 Å². The number of aliphatic imine (C=N–C) groups is 1. The first kappa shape index (κ1) is 37.0. The lowest BCUT2D eigenvalue weighted by Gasteiger charge is -2.19. The number of fused-ring (bicyclic) bond motifs is 1. The topological polar surface area (TPSA) is 175 Å². The van der Waals surface area contributed by atoms with Gasteiger partial charge in [-0.2, -0.15) is 0 Å². The van der Waals surface area contributed by atoms with Crippen molar-refractivity contribution in [3.63, 3.8) is 0 Å². The summed E-state index contributed by atoms with van der Waals surface area (Å²) in [6.45, 7) is 5.16. The number of pyridine rings is 2. The first-order chi connectivity index (χ1) is 24.2. The number of hydrogen-bond acceptors (Lipinski definition) is 12.